The van der Waals surface area contributed by atoms with Crippen LogP contribution < -0.4 is 0 Å². The first-order chi connectivity index (χ1) is 7.45. The normalized spacial score (nSPS) is 15.8. The minimum Gasteiger partial charge on any atom is -0.373 e. The topological polar surface area (TPSA) is 27.7 Å². The summed E-state index contributed by atoms with van der Waals surface area (Å²) in [5, 5.41) is 0. The van der Waals surface area contributed by atoms with Crippen molar-refractivity contribution in [1.29, 1.82) is 0 Å². The standard InChI is InChI=1S/C13H28O3/c1-7-14-12(6)15-9-13(8-10(2)3)16-11(4)5/h10-13H,7-9H2,1-6H3. The summed E-state index contributed by atoms with van der Waals surface area (Å²) in [4.78, 5) is 0. The fourth-order valence-corrected chi connectivity index (χ4v) is 1.60. The molecule has 16 heavy (non-hydrogen) atoms. The van der Waals surface area contributed by atoms with Crippen molar-refractivity contribution in [2.45, 2.75) is 66.5 Å². The number of ether oxygens (including phenoxy) is 3. The molecule has 0 fully saturated rings. The molecule has 0 amide bonds. The molecule has 0 aliphatic heterocycles. The highest BCUT2D eigenvalue weighted by Gasteiger charge is 2.15. The lowest BCUT2D eigenvalue weighted by molar-refractivity contribution is -0.157. The SMILES string of the molecule is CCOC(C)OCC(CC(C)C)OC(C)C. The minimum absolute atomic E-state index is 0.143. The maximum Gasteiger partial charge on any atom is 0.154 e. The van der Waals surface area contributed by atoms with Gasteiger partial charge in [-0.05, 0) is 40.0 Å². The highest BCUT2D eigenvalue weighted by atomic mass is 16.7. The lowest BCUT2D eigenvalue weighted by Crippen LogP contribution is -2.28. The first kappa shape index (κ1) is 15.9. The fourth-order valence-electron chi connectivity index (χ4n) is 1.60. The van der Waals surface area contributed by atoms with Crippen LogP contribution in [0.4, 0.5) is 0 Å². The lowest BCUT2D eigenvalue weighted by Gasteiger charge is -2.23. The second kappa shape index (κ2) is 8.97. The van der Waals surface area contributed by atoms with Gasteiger partial charge in [0.05, 0.1) is 18.8 Å². The molecule has 3 nitrogen and oxygen atoms in total. The van der Waals surface area contributed by atoms with Crippen molar-refractivity contribution in [3.63, 3.8) is 0 Å². The second-order valence-electron chi connectivity index (χ2n) is 4.79. The van der Waals surface area contributed by atoms with Crippen LogP contribution in [0.15, 0.2) is 0 Å². The van der Waals surface area contributed by atoms with Crippen LogP contribution in [0.3, 0.4) is 0 Å². The molecule has 98 valence electrons. The fraction of sp³-hybridized carbons (Fsp3) is 1.00. The summed E-state index contributed by atoms with van der Waals surface area (Å²) in [5.41, 5.74) is 0. The smallest absolute Gasteiger partial charge is 0.154 e. The molecule has 0 rings (SSSR count). The highest BCUT2D eigenvalue weighted by molar-refractivity contribution is 4.61. The van der Waals surface area contributed by atoms with Crippen LogP contribution in [0.2, 0.25) is 0 Å². The zero-order valence-corrected chi connectivity index (χ0v) is 11.7. The monoisotopic (exact) mass is 232 g/mol. The Bertz CT molecular complexity index is 147. The van der Waals surface area contributed by atoms with E-state index in [1.54, 1.807) is 0 Å². The molecule has 0 radical (unpaired) electrons. The van der Waals surface area contributed by atoms with Crippen molar-refractivity contribution in [2.24, 2.45) is 5.92 Å². The van der Waals surface area contributed by atoms with Crippen LogP contribution in [0, 0.1) is 5.92 Å². The van der Waals surface area contributed by atoms with Gasteiger partial charge in [0.1, 0.15) is 0 Å². The third-order valence-corrected chi connectivity index (χ3v) is 2.12. The predicted molar refractivity (Wildman–Crippen MR) is 66.5 cm³/mol. The highest BCUT2D eigenvalue weighted by Crippen LogP contribution is 2.12. The van der Waals surface area contributed by atoms with Crippen LogP contribution in [0.5, 0.6) is 0 Å². The summed E-state index contributed by atoms with van der Waals surface area (Å²) in [6.07, 6.45) is 1.30. The Morgan fingerprint density at radius 1 is 0.938 bits per heavy atom. The number of rotatable bonds is 9. The predicted octanol–water partition coefficient (Wildman–Crippen LogP) is 3.23. The summed E-state index contributed by atoms with van der Waals surface area (Å²) in [7, 11) is 0. The molecule has 0 bridgehead atoms. The Balaban J connectivity index is 3.90. The van der Waals surface area contributed by atoms with Gasteiger partial charge in [0.15, 0.2) is 6.29 Å². The van der Waals surface area contributed by atoms with Gasteiger partial charge in [-0.15, -0.1) is 0 Å². The maximum absolute atomic E-state index is 5.81. The third-order valence-electron chi connectivity index (χ3n) is 2.12. The molecule has 0 spiro atoms. The molecular formula is C13H28O3. The zero-order valence-electron chi connectivity index (χ0n) is 11.7. The average molecular weight is 232 g/mol. The molecule has 0 aromatic carbocycles. The van der Waals surface area contributed by atoms with E-state index in [0.29, 0.717) is 19.1 Å². The largest absolute Gasteiger partial charge is 0.373 e. The molecule has 2 unspecified atom stereocenters. The van der Waals surface area contributed by atoms with E-state index >= 15 is 0 Å². The molecule has 0 aliphatic rings. The van der Waals surface area contributed by atoms with Gasteiger partial charge < -0.3 is 14.2 Å². The van der Waals surface area contributed by atoms with E-state index in [2.05, 4.69) is 27.7 Å². The van der Waals surface area contributed by atoms with E-state index in [9.17, 15) is 0 Å². The van der Waals surface area contributed by atoms with Crippen molar-refractivity contribution in [3.05, 3.63) is 0 Å². The number of hydrogen-bond donors (Lipinski definition) is 0. The van der Waals surface area contributed by atoms with Gasteiger partial charge in [-0.1, -0.05) is 13.8 Å². The molecule has 0 aromatic rings. The summed E-state index contributed by atoms with van der Waals surface area (Å²) < 4.78 is 16.7. The van der Waals surface area contributed by atoms with Crippen LogP contribution in [0.25, 0.3) is 0 Å². The van der Waals surface area contributed by atoms with Crippen LogP contribution in [-0.2, 0) is 14.2 Å². The Kier molecular flexibility index (Phi) is 8.90. The quantitative estimate of drug-likeness (QED) is 0.571. The summed E-state index contributed by atoms with van der Waals surface area (Å²) in [6.45, 7) is 13.7. The molecule has 0 N–H and O–H groups in total. The van der Waals surface area contributed by atoms with E-state index < -0.39 is 0 Å². The Morgan fingerprint density at radius 3 is 2.00 bits per heavy atom. The summed E-state index contributed by atoms with van der Waals surface area (Å²) >= 11 is 0. The van der Waals surface area contributed by atoms with Crippen molar-refractivity contribution >= 4 is 0 Å². The lowest BCUT2D eigenvalue weighted by atomic mass is 10.1. The molecule has 0 saturated heterocycles. The summed E-state index contributed by atoms with van der Waals surface area (Å²) in [6, 6.07) is 0. The average Bonchev–Trinajstić information content (AvgIpc) is 2.13. The van der Waals surface area contributed by atoms with Crippen LogP contribution >= 0.6 is 0 Å². The van der Waals surface area contributed by atoms with Gasteiger partial charge in [-0.3, -0.25) is 0 Å². The van der Waals surface area contributed by atoms with Gasteiger partial charge in [-0.25, -0.2) is 0 Å². The van der Waals surface area contributed by atoms with Crippen LogP contribution in [0.1, 0.15) is 48.0 Å². The van der Waals surface area contributed by atoms with E-state index in [-0.39, 0.29) is 18.5 Å². The molecular weight excluding hydrogens is 204 g/mol. The van der Waals surface area contributed by atoms with Crippen molar-refractivity contribution < 1.29 is 14.2 Å². The second-order valence-corrected chi connectivity index (χ2v) is 4.79. The van der Waals surface area contributed by atoms with Gasteiger partial charge in [0, 0.05) is 6.61 Å². The molecule has 3 heteroatoms. The van der Waals surface area contributed by atoms with E-state index in [4.69, 9.17) is 14.2 Å². The first-order valence-corrected chi connectivity index (χ1v) is 6.34. The van der Waals surface area contributed by atoms with Gasteiger partial charge in [-0.2, -0.15) is 0 Å². The van der Waals surface area contributed by atoms with Gasteiger partial charge in [0.25, 0.3) is 0 Å². The molecule has 2 atom stereocenters. The Labute approximate surface area is 100 Å². The van der Waals surface area contributed by atoms with E-state index in [1.165, 1.54) is 0 Å². The van der Waals surface area contributed by atoms with Crippen molar-refractivity contribution in [3.8, 4) is 0 Å². The summed E-state index contributed by atoms with van der Waals surface area (Å²) in [5.74, 6) is 0.620. The Hall–Kier alpha value is -0.120. The minimum atomic E-state index is -0.143. The molecule has 0 aliphatic carbocycles. The molecule has 0 heterocycles. The van der Waals surface area contributed by atoms with Crippen molar-refractivity contribution in [2.75, 3.05) is 13.2 Å². The zero-order chi connectivity index (χ0) is 12.6. The molecule has 0 aromatic heterocycles. The van der Waals surface area contributed by atoms with E-state index in [0.717, 1.165) is 6.42 Å². The number of hydrogen-bond acceptors (Lipinski definition) is 3. The van der Waals surface area contributed by atoms with Crippen molar-refractivity contribution in [1.82, 2.24) is 0 Å². The van der Waals surface area contributed by atoms with Crippen LogP contribution in [-0.4, -0.2) is 31.7 Å². The van der Waals surface area contributed by atoms with E-state index in [1.807, 2.05) is 13.8 Å². The molecule has 0 saturated carbocycles. The maximum atomic E-state index is 5.81. The van der Waals surface area contributed by atoms with Gasteiger partial charge in [0.2, 0.25) is 0 Å². The van der Waals surface area contributed by atoms with Gasteiger partial charge >= 0.3 is 0 Å². The Morgan fingerprint density at radius 2 is 1.56 bits per heavy atom. The first-order valence-electron chi connectivity index (χ1n) is 6.34. The third kappa shape index (κ3) is 9.13.